The maximum atomic E-state index is 12.9. The highest BCUT2D eigenvalue weighted by Crippen LogP contribution is 2.25. The van der Waals surface area contributed by atoms with Gasteiger partial charge in [-0.3, -0.25) is 4.79 Å². The zero-order chi connectivity index (χ0) is 18.2. The number of aromatic nitrogens is 4. The second kappa shape index (κ2) is 6.39. The average Bonchev–Trinajstić information content (AvgIpc) is 3.47. The molecule has 0 bridgehead atoms. The zero-order valence-electron chi connectivity index (χ0n) is 14.7. The van der Waals surface area contributed by atoms with Crippen molar-refractivity contribution < 1.29 is 4.79 Å². The maximum absolute atomic E-state index is 12.9. The molecule has 5 rings (SSSR count). The molecule has 134 valence electrons. The molecule has 0 saturated carbocycles. The van der Waals surface area contributed by atoms with Crippen molar-refractivity contribution in [1.82, 2.24) is 24.9 Å². The largest absolute Gasteiger partial charge is 0.361 e. The van der Waals surface area contributed by atoms with Crippen molar-refractivity contribution in [3.8, 4) is 11.3 Å². The second-order valence-corrected chi connectivity index (χ2v) is 6.92. The van der Waals surface area contributed by atoms with E-state index in [0.29, 0.717) is 12.1 Å². The summed E-state index contributed by atoms with van der Waals surface area (Å²) < 4.78 is 1.89. The van der Waals surface area contributed by atoms with Crippen molar-refractivity contribution in [2.45, 2.75) is 12.5 Å². The van der Waals surface area contributed by atoms with Crippen molar-refractivity contribution in [1.29, 1.82) is 0 Å². The number of benzene rings is 2. The van der Waals surface area contributed by atoms with E-state index in [1.54, 1.807) is 0 Å². The summed E-state index contributed by atoms with van der Waals surface area (Å²) in [5, 5.41) is 9.70. The van der Waals surface area contributed by atoms with Crippen molar-refractivity contribution in [2.24, 2.45) is 0 Å². The van der Waals surface area contributed by atoms with Gasteiger partial charge in [0.05, 0.1) is 12.2 Å². The molecule has 6 heteroatoms. The molecule has 1 saturated heterocycles. The highest BCUT2D eigenvalue weighted by molar-refractivity contribution is 5.98. The predicted molar refractivity (Wildman–Crippen MR) is 103 cm³/mol. The molecule has 1 atom stereocenters. The Labute approximate surface area is 156 Å². The fraction of sp³-hybridized carbons (Fsp3) is 0.190. The minimum atomic E-state index is 0.0670. The Hall–Kier alpha value is -3.41. The molecule has 3 heterocycles. The number of fused-ring (bicyclic) bond motifs is 1. The lowest BCUT2D eigenvalue weighted by Gasteiger charge is -2.16. The smallest absolute Gasteiger partial charge is 0.254 e. The van der Waals surface area contributed by atoms with Gasteiger partial charge in [0.2, 0.25) is 0 Å². The number of amides is 1. The molecular formula is C21H19N5O. The first-order chi connectivity index (χ1) is 13.3. The van der Waals surface area contributed by atoms with Crippen molar-refractivity contribution in [3.63, 3.8) is 0 Å². The molecule has 0 spiro atoms. The fourth-order valence-electron chi connectivity index (χ4n) is 3.70. The number of hydrogen-bond donors (Lipinski definition) is 1. The molecular weight excluding hydrogens is 338 g/mol. The van der Waals surface area contributed by atoms with Crippen LogP contribution in [0.2, 0.25) is 0 Å². The summed E-state index contributed by atoms with van der Waals surface area (Å²) in [6, 6.07) is 18.0. The first kappa shape index (κ1) is 15.8. The molecule has 0 aliphatic carbocycles. The van der Waals surface area contributed by atoms with E-state index < -0.39 is 0 Å². The van der Waals surface area contributed by atoms with Gasteiger partial charge in [-0.1, -0.05) is 41.6 Å². The van der Waals surface area contributed by atoms with E-state index in [1.165, 1.54) is 0 Å². The number of carbonyl (C=O) groups is 1. The molecule has 1 aliphatic heterocycles. The molecule has 4 aromatic rings. The lowest BCUT2D eigenvalue weighted by atomic mass is 10.1. The minimum absolute atomic E-state index is 0.0670. The lowest BCUT2D eigenvalue weighted by molar-refractivity contribution is 0.0787. The van der Waals surface area contributed by atoms with Gasteiger partial charge in [0.25, 0.3) is 5.91 Å². The first-order valence-electron chi connectivity index (χ1n) is 9.11. The molecule has 1 aliphatic rings. The number of hydrogen-bond acceptors (Lipinski definition) is 3. The Morgan fingerprint density at radius 1 is 1.11 bits per heavy atom. The highest BCUT2D eigenvalue weighted by atomic mass is 16.2. The molecule has 1 amide bonds. The summed E-state index contributed by atoms with van der Waals surface area (Å²) in [6.07, 6.45) is 4.74. The van der Waals surface area contributed by atoms with Crippen LogP contribution in [0, 0.1) is 0 Å². The number of nitrogens with one attached hydrogen (secondary N) is 1. The summed E-state index contributed by atoms with van der Waals surface area (Å²) in [5.41, 5.74) is 3.61. The van der Waals surface area contributed by atoms with Gasteiger partial charge in [-0.25, -0.2) is 4.68 Å². The van der Waals surface area contributed by atoms with Gasteiger partial charge < -0.3 is 9.88 Å². The monoisotopic (exact) mass is 357 g/mol. The highest BCUT2D eigenvalue weighted by Gasteiger charge is 2.29. The van der Waals surface area contributed by atoms with Crippen LogP contribution in [0.3, 0.4) is 0 Å². The zero-order valence-corrected chi connectivity index (χ0v) is 14.7. The fourth-order valence-corrected chi connectivity index (χ4v) is 3.70. The van der Waals surface area contributed by atoms with Gasteiger partial charge in [0.1, 0.15) is 5.69 Å². The maximum Gasteiger partial charge on any atom is 0.254 e. The van der Waals surface area contributed by atoms with Crippen LogP contribution in [0.4, 0.5) is 0 Å². The average molecular weight is 357 g/mol. The Bertz CT molecular complexity index is 1100. The number of H-pyrrole nitrogens is 1. The van der Waals surface area contributed by atoms with E-state index in [-0.39, 0.29) is 11.9 Å². The van der Waals surface area contributed by atoms with E-state index in [9.17, 15) is 4.79 Å². The SMILES string of the molecule is O=C(c1ccc2cc[nH]c2c1)N1CCC(n2cc(-c3ccccc3)nn2)C1. The van der Waals surface area contributed by atoms with Gasteiger partial charge >= 0.3 is 0 Å². The molecule has 2 aromatic heterocycles. The van der Waals surface area contributed by atoms with Crippen molar-refractivity contribution >= 4 is 16.8 Å². The predicted octanol–water partition coefficient (Wildman–Crippen LogP) is 3.51. The Morgan fingerprint density at radius 3 is 2.89 bits per heavy atom. The third-order valence-electron chi connectivity index (χ3n) is 5.21. The summed E-state index contributed by atoms with van der Waals surface area (Å²) in [4.78, 5) is 17.9. The molecule has 27 heavy (non-hydrogen) atoms. The Balaban J connectivity index is 1.32. The number of carbonyl (C=O) groups excluding carboxylic acids is 1. The van der Waals surface area contributed by atoms with E-state index in [0.717, 1.165) is 35.1 Å². The molecule has 1 unspecified atom stereocenters. The Morgan fingerprint density at radius 2 is 2.00 bits per heavy atom. The van der Waals surface area contributed by atoms with Crippen LogP contribution in [0.1, 0.15) is 22.8 Å². The second-order valence-electron chi connectivity index (χ2n) is 6.92. The Kier molecular flexibility index (Phi) is 3.74. The standard InChI is InChI=1S/C21H19N5O/c27-21(17-7-6-16-8-10-22-19(16)12-17)25-11-9-18(13-25)26-14-20(23-24-26)15-4-2-1-3-5-15/h1-8,10,12,14,18,22H,9,11,13H2. The van der Waals surface area contributed by atoms with Crippen LogP contribution in [-0.4, -0.2) is 43.9 Å². The van der Waals surface area contributed by atoms with Gasteiger partial charge in [-0.15, -0.1) is 5.10 Å². The van der Waals surface area contributed by atoms with Crippen molar-refractivity contribution in [2.75, 3.05) is 13.1 Å². The van der Waals surface area contributed by atoms with Gasteiger partial charge in [-0.2, -0.15) is 0 Å². The van der Waals surface area contributed by atoms with Crippen LogP contribution in [-0.2, 0) is 0 Å². The van der Waals surface area contributed by atoms with Crippen LogP contribution >= 0.6 is 0 Å². The quantitative estimate of drug-likeness (QED) is 0.610. The number of aromatic amines is 1. The van der Waals surface area contributed by atoms with E-state index in [2.05, 4.69) is 15.3 Å². The van der Waals surface area contributed by atoms with Crippen LogP contribution in [0.5, 0.6) is 0 Å². The van der Waals surface area contributed by atoms with Gasteiger partial charge in [0, 0.05) is 35.9 Å². The van der Waals surface area contributed by atoms with E-state index in [1.807, 2.05) is 76.6 Å². The third-order valence-corrected chi connectivity index (χ3v) is 5.21. The van der Waals surface area contributed by atoms with Crippen molar-refractivity contribution in [3.05, 3.63) is 72.6 Å². The number of nitrogens with zero attached hydrogens (tertiary/aromatic N) is 4. The number of rotatable bonds is 3. The molecule has 0 radical (unpaired) electrons. The normalized spacial score (nSPS) is 16.9. The molecule has 1 N–H and O–H groups in total. The summed E-state index contributed by atoms with van der Waals surface area (Å²) in [6.45, 7) is 1.38. The van der Waals surface area contributed by atoms with E-state index >= 15 is 0 Å². The summed E-state index contributed by atoms with van der Waals surface area (Å²) >= 11 is 0. The number of likely N-dealkylation sites (tertiary alicyclic amines) is 1. The van der Waals surface area contributed by atoms with Gasteiger partial charge in [-0.05, 0) is 30.0 Å². The van der Waals surface area contributed by atoms with Gasteiger partial charge in [0.15, 0.2) is 0 Å². The summed E-state index contributed by atoms with van der Waals surface area (Å²) in [5.74, 6) is 0.0670. The van der Waals surface area contributed by atoms with Crippen LogP contribution in [0.15, 0.2) is 67.0 Å². The summed E-state index contributed by atoms with van der Waals surface area (Å²) in [7, 11) is 0. The minimum Gasteiger partial charge on any atom is -0.361 e. The van der Waals surface area contributed by atoms with Crippen LogP contribution in [0.25, 0.3) is 22.2 Å². The van der Waals surface area contributed by atoms with E-state index in [4.69, 9.17) is 0 Å². The molecule has 6 nitrogen and oxygen atoms in total. The third kappa shape index (κ3) is 2.89. The molecule has 2 aromatic carbocycles. The first-order valence-corrected chi connectivity index (χ1v) is 9.11. The lowest BCUT2D eigenvalue weighted by Crippen LogP contribution is -2.29. The topological polar surface area (TPSA) is 66.8 Å². The van der Waals surface area contributed by atoms with Crippen LogP contribution < -0.4 is 0 Å². The molecule has 1 fully saturated rings.